The first-order valence-corrected chi connectivity index (χ1v) is 9.27. The number of carbonyl (C=O) groups excluding carboxylic acids is 2. The quantitative estimate of drug-likeness (QED) is 0.437. The molecule has 1 aromatic heterocycles. The van der Waals surface area contributed by atoms with Gasteiger partial charge in [-0.3, -0.25) is 9.59 Å². The van der Waals surface area contributed by atoms with E-state index in [1.165, 1.54) is 0 Å². The van der Waals surface area contributed by atoms with Gasteiger partial charge < -0.3 is 18.6 Å². The lowest BCUT2D eigenvalue weighted by molar-refractivity contribution is -0.198. The minimum atomic E-state index is -0.532. The SMILES string of the molecule is C[C@]12C[C@H](c3ccoc3)OC(=O)[C@H]1CC[C@@]13COC(=O)[C@@H]1C=C[C@H]1O[C@]132. The molecule has 1 aromatic rings. The van der Waals surface area contributed by atoms with Crippen molar-refractivity contribution < 1.29 is 28.2 Å². The summed E-state index contributed by atoms with van der Waals surface area (Å²) in [6, 6.07) is 1.84. The number of carbonyl (C=O) groups is 2. The topological polar surface area (TPSA) is 78.3 Å². The number of furan rings is 1. The van der Waals surface area contributed by atoms with Crippen LogP contribution in [-0.2, 0) is 23.8 Å². The summed E-state index contributed by atoms with van der Waals surface area (Å²) < 4.78 is 22.8. The van der Waals surface area contributed by atoms with Crippen molar-refractivity contribution in [3.63, 3.8) is 0 Å². The minimum Gasteiger partial charge on any atom is -0.472 e. The van der Waals surface area contributed by atoms with Crippen molar-refractivity contribution in [2.45, 2.75) is 44.0 Å². The van der Waals surface area contributed by atoms with Gasteiger partial charge in [-0.1, -0.05) is 19.1 Å². The molecular formula is C20H20O6. The Morgan fingerprint density at radius 1 is 1.19 bits per heavy atom. The maximum atomic E-state index is 12.9. The Bertz CT molecular complexity index is 842. The third kappa shape index (κ3) is 1.43. The molecule has 4 fully saturated rings. The van der Waals surface area contributed by atoms with Gasteiger partial charge in [-0.2, -0.15) is 0 Å². The zero-order valence-corrected chi connectivity index (χ0v) is 14.5. The summed E-state index contributed by atoms with van der Waals surface area (Å²) in [6.07, 6.45) is 8.89. The molecule has 0 aromatic carbocycles. The summed E-state index contributed by atoms with van der Waals surface area (Å²) in [4.78, 5) is 25.3. The van der Waals surface area contributed by atoms with Crippen LogP contribution in [0.4, 0.5) is 0 Å². The molecule has 1 saturated carbocycles. The van der Waals surface area contributed by atoms with Crippen molar-refractivity contribution in [1.82, 2.24) is 0 Å². The van der Waals surface area contributed by atoms with Crippen LogP contribution in [0.5, 0.6) is 0 Å². The van der Waals surface area contributed by atoms with Gasteiger partial charge in [0.1, 0.15) is 24.4 Å². The molecule has 26 heavy (non-hydrogen) atoms. The second-order valence-corrected chi connectivity index (χ2v) is 8.60. The van der Waals surface area contributed by atoms with Gasteiger partial charge in [0.2, 0.25) is 0 Å². The Morgan fingerprint density at radius 3 is 2.88 bits per heavy atom. The third-order valence-electron chi connectivity index (χ3n) is 7.76. The van der Waals surface area contributed by atoms with Gasteiger partial charge in [-0.05, 0) is 25.3 Å². The number of rotatable bonds is 1. The maximum absolute atomic E-state index is 12.9. The molecule has 0 amide bonds. The summed E-state index contributed by atoms with van der Waals surface area (Å²) in [5.74, 6) is -0.824. The first-order chi connectivity index (χ1) is 12.5. The Hall–Kier alpha value is -2.08. The molecule has 6 nitrogen and oxygen atoms in total. The molecule has 0 unspecified atom stereocenters. The standard InChI is InChI=1S/C20H20O6/c1-18-8-14(11-5-7-23-9-11)25-17(22)12(18)4-6-19-10-24-16(21)13(19)2-3-15-20(18,19)26-15/h2-3,5,7,9,12-15H,4,6,8,10H2,1H3/t12-,13+,14-,15-,18+,19-,20+/m1/s1. The van der Waals surface area contributed by atoms with Crippen molar-refractivity contribution in [3.05, 3.63) is 36.3 Å². The normalized spacial score (nSPS) is 50.8. The number of fused-ring (bicyclic) bond motifs is 1. The van der Waals surface area contributed by atoms with Crippen molar-refractivity contribution >= 4 is 11.9 Å². The lowest BCUT2D eigenvalue weighted by atomic mass is 9.44. The van der Waals surface area contributed by atoms with E-state index in [0.29, 0.717) is 19.4 Å². The summed E-state index contributed by atoms with van der Waals surface area (Å²) in [5.41, 5.74) is -0.444. The molecule has 0 N–H and O–H groups in total. The summed E-state index contributed by atoms with van der Waals surface area (Å²) in [6.45, 7) is 2.52. The fraction of sp³-hybridized carbons (Fsp3) is 0.600. The van der Waals surface area contributed by atoms with Crippen molar-refractivity contribution in [1.29, 1.82) is 0 Å². The molecule has 2 spiro atoms. The zero-order valence-electron chi connectivity index (χ0n) is 14.5. The number of esters is 2. The number of ether oxygens (including phenoxy) is 3. The summed E-state index contributed by atoms with van der Waals surface area (Å²) in [5, 5.41) is 0. The van der Waals surface area contributed by atoms with E-state index in [-0.39, 0.29) is 41.4 Å². The van der Waals surface area contributed by atoms with Crippen molar-refractivity contribution in [2.24, 2.45) is 22.7 Å². The first-order valence-electron chi connectivity index (χ1n) is 9.27. The third-order valence-corrected chi connectivity index (χ3v) is 7.76. The van der Waals surface area contributed by atoms with E-state index >= 15 is 0 Å². The lowest BCUT2D eigenvalue weighted by Crippen LogP contribution is -2.65. The first kappa shape index (κ1) is 15.0. The van der Waals surface area contributed by atoms with Crippen LogP contribution in [-0.4, -0.2) is 30.3 Å². The number of epoxide rings is 1. The molecule has 0 bridgehead atoms. The summed E-state index contributed by atoms with van der Waals surface area (Å²) >= 11 is 0. The van der Waals surface area contributed by atoms with Crippen LogP contribution in [0.3, 0.4) is 0 Å². The van der Waals surface area contributed by atoms with E-state index in [1.54, 1.807) is 12.5 Å². The van der Waals surface area contributed by atoms with Gasteiger partial charge in [0.25, 0.3) is 0 Å². The number of hydrogen-bond donors (Lipinski definition) is 0. The highest BCUT2D eigenvalue weighted by molar-refractivity contribution is 5.81. The average molecular weight is 356 g/mol. The lowest BCUT2D eigenvalue weighted by Gasteiger charge is -2.57. The van der Waals surface area contributed by atoms with Gasteiger partial charge in [0.15, 0.2) is 0 Å². The van der Waals surface area contributed by atoms with E-state index in [1.807, 2.05) is 18.2 Å². The molecular weight excluding hydrogens is 336 g/mol. The van der Waals surface area contributed by atoms with E-state index in [4.69, 9.17) is 18.6 Å². The van der Waals surface area contributed by atoms with Crippen LogP contribution in [0.25, 0.3) is 0 Å². The molecule has 0 radical (unpaired) electrons. The molecule has 3 aliphatic heterocycles. The van der Waals surface area contributed by atoms with Gasteiger partial charge in [0, 0.05) is 11.0 Å². The van der Waals surface area contributed by atoms with E-state index < -0.39 is 11.0 Å². The van der Waals surface area contributed by atoms with E-state index in [2.05, 4.69) is 6.92 Å². The summed E-state index contributed by atoms with van der Waals surface area (Å²) in [7, 11) is 0. The van der Waals surface area contributed by atoms with Crippen molar-refractivity contribution in [2.75, 3.05) is 6.61 Å². The second-order valence-electron chi connectivity index (χ2n) is 8.60. The van der Waals surface area contributed by atoms with Gasteiger partial charge >= 0.3 is 11.9 Å². The Balaban J connectivity index is 1.49. The van der Waals surface area contributed by atoms with Crippen LogP contribution in [0.1, 0.15) is 37.9 Å². The van der Waals surface area contributed by atoms with Crippen molar-refractivity contribution in [3.8, 4) is 0 Å². The highest BCUT2D eigenvalue weighted by Crippen LogP contribution is 2.76. The van der Waals surface area contributed by atoms with Crippen LogP contribution in [0, 0.1) is 22.7 Å². The highest BCUT2D eigenvalue weighted by Gasteiger charge is 2.84. The second kappa shape index (κ2) is 4.42. The number of cyclic esters (lactones) is 2. The van der Waals surface area contributed by atoms with Gasteiger partial charge in [-0.25, -0.2) is 0 Å². The fourth-order valence-electron chi connectivity index (χ4n) is 6.55. The van der Waals surface area contributed by atoms with E-state index in [0.717, 1.165) is 12.0 Å². The largest absolute Gasteiger partial charge is 0.472 e. The van der Waals surface area contributed by atoms with E-state index in [9.17, 15) is 9.59 Å². The zero-order chi connectivity index (χ0) is 17.7. The molecule has 6 heteroatoms. The monoisotopic (exact) mass is 356 g/mol. The fourth-order valence-corrected chi connectivity index (χ4v) is 6.55. The molecule has 3 saturated heterocycles. The molecule has 6 rings (SSSR count). The molecule has 5 aliphatic rings. The Morgan fingerprint density at radius 2 is 2.08 bits per heavy atom. The highest BCUT2D eigenvalue weighted by atomic mass is 16.6. The molecule has 4 heterocycles. The molecule has 7 atom stereocenters. The predicted octanol–water partition coefficient (Wildman–Crippen LogP) is 2.55. The predicted molar refractivity (Wildman–Crippen MR) is 86.6 cm³/mol. The van der Waals surface area contributed by atoms with Gasteiger partial charge in [-0.15, -0.1) is 0 Å². The molecule has 136 valence electrons. The maximum Gasteiger partial charge on any atom is 0.313 e. The van der Waals surface area contributed by atoms with Crippen LogP contribution in [0.15, 0.2) is 35.2 Å². The van der Waals surface area contributed by atoms with Crippen LogP contribution in [0.2, 0.25) is 0 Å². The smallest absolute Gasteiger partial charge is 0.313 e. The Labute approximate surface area is 150 Å². The van der Waals surface area contributed by atoms with Gasteiger partial charge in [0.05, 0.1) is 29.8 Å². The molecule has 2 aliphatic carbocycles. The van der Waals surface area contributed by atoms with Crippen LogP contribution >= 0.6 is 0 Å². The average Bonchev–Trinajstić information content (AvgIpc) is 2.99. The Kier molecular flexibility index (Phi) is 2.55. The minimum absolute atomic E-state index is 0.0584. The number of hydrogen-bond acceptors (Lipinski definition) is 6. The van der Waals surface area contributed by atoms with Crippen LogP contribution < -0.4 is 0 Å².